The molecule has 2 heterocycles. The molecule has 1 aromatic rings. The van der Waals surface area contributed by atoms with E-state index in [1.165, 1.54) is 11.1 Å². The number of ether oxygens (including phenoxy) is 3. The zero-order valence-corrected chi connectivity index (χ0v) is 9.96. The lowest BCUT2D eigenvalue weighted by Crippen LogP contribution is -2.41. The van der Waals surface area contributed by atoms with Crippen molar-refractivity contribution in [2.24, 2.45) is 0 Å². The van der Waals surface area contributed by atoms with E-state index in [1.54, 1.807) is 0 Å². The fourth-order valence-corrected chi connectivity index (χ4v) is 2.71. The zero-order valence-electron chi connectivity index (χ0n) is 8.38. The highest BCUT2D eigenvalue weighted by Crippen LogP contribution is 2.44. The molecule has 0 saturated carbocycles. The van der Waals surface area contributed by atoms with Crippen molar-refractivity contribution < 1.29 is 14.2 Å². The Labute approximate surface area is 96.5 Å². The first-order valence-corrected chi connectivity index (χ1v) is 5.66. The molecule has 0 amide bonds. The monoisotopic (exact) mass is 270 g/mol. The summed E-state index contributed by atoms with van der Waals surface area (Å²) in [5, 5.41) is 0. The summed E-state index contributed by atoms with van der Waals surface area (Å²) in [5.41, 5.74) is 2.44. The van der Waals surface area contributed by atoms with Crippen LogP contribution >= 0.6 is 15.9 Å². The van der Waals surface area contributed by atoms with Gasteiger partial charge in [-0.25, -0.2) is 0 Å². The minimum Gasteiger partial charge on any atom is -0.454 e. The molecule has 4 heteroatoms. The molecule has 0 aliphatic carbocycles. The summed E-state index contributed by atoms with van der Waals surface area (Å²) in [7, 11) is 0. The average Bonchev–Trinajstić information content (AvgIpc) is 2.60. The quantitative estimate of drug-likeness (QED) is 0.734. The third kappa shape index (κ3) is 1.35. The van der Waals surface area contributed by atoms with E-state index < -0.39 is 0 Å². The van der Waals surface area contributed by atoms with Crippen molar-refractivity contribution in [2.75, 3.05) is 20.0 Å². The normalized spacial score (nSPS) is 21.2. The molecule has 2 aliphatic rings. The fourth-order valence-electron chi connectivity index (χ4n) is 1.96. The Morgan fingerprint density at radius 2 is 1.87 bits per heavy atom. The Kier molecular flexibility index (Phi) is 1.97. The largest absolute Gasteiger partial charge is 0.454 e. The Morgan fingerprint density at radius 3 is 2.47 bits per heavy atom. The van der Waals surface area contributed by atoms with Crippen molar-refractivity contribution in [3.05, 3.63) is 23.3 Å². The third-order valence-electron chi connectivity index (χ3n) is 2.86. The summed E-state index contributed by atoms with van der Waals surface area (Å²) in [4.78, 5) is 0. The van der Waals surface area contributed by atoms with Crippen LogP contribution in [0.5, 0.6) is 11.5 Å². The van der Waals surface area contributed by atoms with Gasteiger partial charge in [-0.15, -0.1) is 0 Å². The van der Waals surface area contributed by atoms with Gasteiger partial charge in [0.15, 0.2) is 11.5 Å². The molecule has 1 fully saturated rings. The minimum atomic E-state index is -0.0297. The highest BCUT2D eigenvalue weighted by molar-refractivity contribution is 9.09. The molecule has 0 atom stereocenters. The van der Waals surface area contributed by atoms with Crippen LogP contribution < -0.4 is 9.47 Å². The summed E-state index contributed by atoms with van der Waals surface area (Å²) < 4.78 is 15.9. The Hall–Kier alpha value is -0.740. The van der Waals surface area contributed by atoms with Crippen molar-refractivity contribution in [3.63, 3.8) is 0 Å². The molecule has 0 radical (unpaired) electrons. The molecule has 0 aromatic heterocycles. The van der Waals surface area contributed by atoms with Crippen LogP contribution in [0.1, 0.15) is 11.1 Å². The van der Waals surface area contributed by atoms with Crippen molar-refractivity contribution in [2.45, 2.75) is 11.2 Å². The maximum absolute atomic E-state index is 5.37. The number of benzene rings is 1. The van der Waals surface area contributed by atoms with Crippen LogP contribution in [-0.2, 0) is 9.06 Å². The SMILES string of the molecule is Cc1cc2c(cc1C1(Br)COC1)OCO2. The molecule has 3 rings (SSSR count). The summed E-state index contributed by atoms with van der Waals surface area (Å²) in [6.07, 6.45) is 0. The van der Waals surface area contributed by atoms with Gasteiger partial charge in [0.25, 0.3) is 0 Å². The van der Waals surface area contributed by atoms with Gasteiger partial charge in [0.05, 0.1) is 17.5 Å². The van der Waals surface area contributed by atoms with Crippen LogP contribution in [0.15, 0.2) is 12.1 Å². The Balaban J connectivity index is 2.08. The van der Waals surface area contributed by atoms with Crippen molar-refractivity contribution >= 4 is 15.9 Å². The lowest BCUT2D eigenvalue weighted by molar-refractivity contribution is -0.00730. The summed E-state index contributed by atoms with van der Waals surface area (Å²) in [6, 6.07) is 4.08. The first-order valence-electron chi connectivity index (χ1n) is 4.86. The van der Waals surface area contributed by atoms with Crippen LogP contribution in [0.4, 0.5) is 0 Å². The molecule has 0 bridgehead atoms. The molecule has 80 valence electrons. The predicted octanol–water partition coefficient (Wildman–Crippen LogP) is 2.34. The first-order chi connectivity index (χ1) is 7.19. The third-order valence-corrected chi connectivity index (χ3v) is 3.75. The van der Waals surface area contributed by atoms with Gasteiger partial charge in [0.2, 0.25) is 6.79 Å². The molecule has 2 aliphatic heterocycles. The van der Waals surface area contributed by atoms with E-state index in [2.05, 4.69) is 28.9 Å². The maximum Gasteiger partial charge on any atom is 0.231 e. The summed E-state index contributed by atoms with van der Waals surface area (Å²) in [6.45, 7) is 3.84. The van der Waals surface area contributed by atoms with Crippen LogP contribution in [0.25, 0.3) is 0 Å². The van der Waals surface area contributed by atoms with Crippen LogP contribution in [-0.4, -0.2) is 20.0 Å². The molecular formula is C11H11BrO3. The first kappa shape index (κ1) is 9.48. The number of rotatable bonds is 1. The lowest BCUT2D eigenvalue weighted by Gasteiger charge is -2.37. The van der Waals surface area contributed by atoms with E-state index in [0.29, 0.717) is 20.0 Å². The van der Waals surface area contributed by atoms with Crippen LogP contribution in [0.2, 0.25) is 0 Å². The predicted molar refractivity (Wildman–Crippen MR) is 58.7 cm³/mol. The molecule has 0 spiro atoms. The number of hydrogen-bond donors (Lipinski definition) is 0. The number of alkyl halides is 1. The Morgan fingerprint density at radius 1 is 1.20 bits per heavy atom. The van der Waals surface area contributed by atoms with Gasteiger partial charge >= 0.3 is 0 Å². The number of halogens is 1. The second-order valence-corrected chi connectivity index (χ2v) is 5.50. The molecule has 1 aromatic carbocycles. The van der Waals surface area contributed by atoms with Crippen molar-refractivity contribution in [3.8, 4) is 11.5 Å². The molecule has 0 unspecified atom stereocenters. The molecular weight excluding hydrogens is 260 g/mol. The summed E-state index contributed by atoms with van der Waals surface area (Å²) in [5.74, 6) is 1.67. The van der Waals surface area contributed by atoms with E-state index in [1.807, 2.05) is 6.07 Å². The van der Waals surface area contributed by atoms with E-state index in [4.69, 9.17) is 14.2 Å². The minimum absolute atomic E-state index is 0.0297. The fraction of sp³-hybridized carbons (Fsp3) is 0.455. The van der Waals surface area contributed by atoms with E-state index in [9.17, 15) is 0 Å². The maximum atomic E-state index is 5.37. The number of hydrogen-bond acceptors (Lipinski definition) is 3. The zero-order chi connectivity index (χ0) is 10.5. The molecule has 1 saturated heterocycles. The topological polar surface area (TPSA) is 27.7 Å². The standard InChI is InChI=1S/C11H11BrO3/c1-7-2-9-10(15-6-14-9)3-8(7)11(12)4-13-5-11/h2-3H,4-6H2,1H3. The summed E-state index contributed by atoms with van der Waals surface area (Å²) >= 11 is 3.71. The number of aryl methyl sites for hydroxylation is 1. The van der Waals surface area contributed by atoms with Gasteiger partial charge in [-0.3, -0.25) is 0 Å². The molecule has 15 heavy (non-hydrogen) atoms. The van der Waals surface area contributed by atoms with Gasteiger partial charge in [0.1, 0.15) is 0 Å². The van der Waals surface area contributed by atoms with Gasteiger partial charge in [0, 0.05) is 0 Å². The van der Waals surface area contributed by atoms with Gasteiger partial charge in [-0.2, -0.15) is 0 Å². The van der Waals surface area contributed by atoms with Gasteiger partial charge in [-0.05, 0) is 30.2 Å². The number of fused-ring (bicyclic) bond motifs is 1. The van der Waals surface area contributed by atoms with Crippen molar-refractivity contribution in [1.82, 2.24) is 0 Å². The second kappa shape index (κ2) is 3.12. The van der Waals surface area contributed by atoms with Crippen LogP contribution in [0.3, 0.4) is 0 Å². The van der Waals surface area contributed by atoms with E-state index in [-0.39, 0.29) is 4.32 Å². The smallest absolute Gasteiger partial charge is 0.231 e. The van der Waals surface area contributed by atoms with E-state index in [0.717, 1.165) is 11.5 Å². The van der Waals surface area contributed by atoms with Gasteiger partial charge in [-0.1, -0.05) is 15.9 Å². The lowest BCUT2D eigenvalue weighted by atomic mass is 9.92. The van der Waals surface area contributed by atoms with Gasteiger partial charge < -0.3 is 14.2 Å². The average molecular weight is 271 g/mol. The van der Waals surface area contributed by atoms with E-state index >= 15 is 0 Å². The van der Waals surface area contributed by atoms with Crippen LogP contribution in [0, 0.1) is 6.92 Å². The highest BCUT2D eigenvalue weighted by atomic mass is 79.9. The molecule has 0 N–H and O–H groups in total. The molecule has 3 nitrogen and oxygen atoms in total. The van der Waals surface area contributed by atoms with Crippen molar-refractivity contribution in [1.29, 1.82) is 0 Å². The highest BCUT2D eigenvalue weighted by Gasteiger charge is 2.39. The second-order valence-electron chi connectivity index (χ2n) is 3.98. The Bertz CT molecular complexity index is 413.